The number of anilines is 1. The van der Waals surface area contributed by atoms with Gasteiger partial charge in [0.1, 0.15) is 25.0 Å². The Hall–Kier alpha value is -6.03. The van der Waals surface area contributed by atoms with Crippen molar-refractivity contribution in [2.75, 3.05) is 162 Å². The van der Waals surface area contributed by atoms with Crippen LogP contribution >= 0.6 is 23.5 Å². The molecule has 31 heteroatoms. The summed E-state index contributed by atoms with van der Waals surface area (Å²) in [4.78, 5) is 129. The van der Waals surface area contributed by atoms with E-state index in [0.29, 0.717) is 178 Å². The lowest BCUT2D eigenvalue weighted by atomic mass is 9.99. The molecule has 0 saturated carbocycles. The molecular formula is C63H101N13O16S2. The third-order valence-corrected chi connectivity index (χ3v) is 19.7. The Bertz CT molecular complexity index is 2510. The third kappa shape index (κ3) is 30.4. The number of unbranched alkanes of at least 4 members (excludes halogenated alkanes) is 2. The Balaban J connectivity index is 0.860. The zero-order chi connectivity index (χ0) is 67.1. The fourth-order valence-corrected chi connectivity index (χ4v) is 14.7. The molecule has 6 rings (SSSR count). The summed E-state index contributed by atoms with van der Waals surface area (Å²) in [5, 5.41) is 25.2. The maximum atomic E-state index is 13.6. The van der Waals surface area contributed by atoms with Gasteiger partial charge in [-0.05, 0) is 69.6 Å². The Kier molecular flexibility index (Phi) is 36.6. The number of Topliss-reactive ketones (excluding diaryl/α,β-unsaturated/α-hetero) is 4. The molecule has 6 atom stereocenters. The summed E-state index contributed by atoms with van der Waals surface area (Å²) in [5.74, 6) is 1.76. The predicted molar refractivity (Wildman–Crippen MR) is 357 cm³/mol. The number of nitrogens with one attached hydrogen (secondary N) is 5. The van der Waals surface area contributed by atoms with Crippen molar-refractivity contribution in [3.8, 4) is 0 Å². The highest BCUT2D eigenvalue weighted by Crippen LogP contribution is 2.36. The normalized spacial score (nSPS) is 21.1. The highest BCUT2D eigenvalue weighted by Gasteiger charge is 2.41. The number of nitrogens with two attached hydrogens (primary N) is 2. The summed E-state index contributed by atoms with van der Waals surface area (Å²) in [6.45, 7) is 6.42. The summed E-state index contributed by atoms with van der Waals surface area (Å²) in [5.41, 5.74) is 12.5. The molecule has 3 fully saturated rings. The van der Waals surface area contributed by atoms with E-state index < -0.39 is 12.0 Å². The molecule has 3 saturated heterocycles. The fourth-order valence-electron chi connectivity index (χ4n) is 11.6. The molecule has 5 aliphatic rings. The summed E-state index contributed by atoms with van der Waals surface area (Å²) in [7, 11) is 0. The summed E-state index contributed by atoms with van der Waals surface area (Å²) in [6, 6.07) is 5.13. The first-order valence-corrected chi connectivity index (χ1v) is 35.3. The highest BCUT2D eigenvalue weighted by molar-refractivity contribution is 8.00. The van der Waals surface area contributed by atoms with Crippen molar-refractivity contribution in [1.29, 1.82) is 0 Å². The molecule has 1 aromatic rings. The van der Waals surface area contributed by atoms with Crippen molar-refractivity contribution in [1.82, 2.24) is 40.9 Å². The van der Waals surface area contributed by atoms with Gasteiger partial charge in [-0.15, -0.1) is 0 Å². The SMILES string of the molecule is NC1=N[C@H]2[C@H](CS[C@H]2CCCCC(=O)CCCOCCCC(=O)c2cc(NC(=O)NCCOCCOCCNC(=O)CN3CCN(COC=O)CCN(COC=O)CCN(CC(=O)O)CC3)cc(C(=O)CCCOCCCC(=O)CCCC[C@@H]3SC[C@@H]4NC(N)=N[C@@H]43)c2)N1. The number of thioether (sulfide) groups is 2. The molecule has 0 radical (unpaired) electrons. The first kappa shape index (κ1) is 77.0. The molecule has 0 unspecified atom stereocenters. The Morgan fingerprint density at radius 3 is 1.40 bits per heavy atom. The van der Waals surface area contributed by atoms with E-state index in [2.05, 4.69) is 36.6 Å². The van der Waals surface area contributed by atoms with Crippen LogP contribution in [0.1, 0.15) is 123 Å². The first-order chi connectivity index (χ1) is 45.7. The number of carbonyl (C=O) groups is 9. The molecule has 1 aromatic carbocycles. The number of benzene rings is 1. The fraction of sp³-hybridized carbons (Fsp3) is 0.730. The van der Waals surface area contributed by atoms with Gasteiger partial charge in [0.2, 0.25) is 5.91 Å². The van der Waals surface area contributed by atoms with E-state index in [4.69, 9.17) is 39.9 Å². The van der Waals surface area contributed by atoms with Gasteiger partial charge in [0.05, 0.1) is 63.7 Å². The number of nitrogens with zero attached hydrogens (tertiary/aromatic N) is 6. The lowest BCUT2D eigenvalue weighted by molar-refractivity contribution is -0.139. The summed E-state index contributed by atoms with van der Waals surface area (Å²) >= 11 is 3.84. The van der Waals surface area contributed by atoms with Crippen molar-refractivity contribution in [3.63, 3.8) is 0 Å². The standard InChI is InChI=1S/C63H101N13O16S2/c64-61-69-51-40-93-55(59(51)71-61)15-3-1-9-49(79)11-5-27-87-29-7-13-53(81)46-35-47(54(82)14-8-30-88-28-6-12-50(80)10-2-4-16-56-60-52(41-94-56)70-62(65)72-60)37-48(36-46)68-63(86)67-18-32-90-34-33-89-31-17-66-57(83)38-73-19-20-74(39-58(84)85)22-24-76(43-92-45-78)26-25-75(23-21-73)42-91-44-77/h35-37,44-45,51-52,55-56,59-60H,1-34,38-43H2,(H,66,83)(H,84,85)(H3,64,69,71)(H3,65,70,72)(H2,67,68,86)/t51-,52-,55-,56-,59-,60-/m0/s1. The molecule has 5 aliphatic heterocycles. The van der Waals surface area contributed by atoms with Crippen LogP contribution in [0, 0.1) is 0 Å². The minimum absolute atomic E-state index is 0.0247. The number of carboxylic acids is 1. The number of aliphatic carboxylic acids is 1. The summed E-state index contributed by atoms with van der Waals surface area (Å²) < 4.78 is 32.8. The van der Waals surface area contributed by atoms with Gasteiger partial charge in [-0.2, -0.15) is 23.5 Å². The average molecular weight is 1360 g/mol. The number of amides is 3. The minimum Gasteiger partial charge on any atom is -0.480 e. The lowest BCUT2D eigenvalue weighted by Gasteiger charge is -2.33. The van der Waals surface area contributed by atoms with Gasteiger partial charge in [0.15, 0.2) is 23.5 Å². The molecule has 0 aromatic heterocycles. The van der Waals surface area contributed by atoms with E-state index in [1.165, 1.54) is 12.1 Å². The van der Waals surface area contributed by atoms with E-state index in [9.17, 15) is 48.3 Å². The van der Waals surface area contributed by atoms with E-state index in [1.54, 1.807) is 11.0 Å². The number of urea groups is 1. The maximum Gasteiger partial charge on any atom is 0.319 e. The third-order valence-electron chi connectivity index (χ3n) is 16.7. The van der Waals surface area contributed by atoms with Gasteiger partial charge in [0, 0.05) is 169 Å². The van der Waals surface area contributed by atoms with Crippen molar-refractivity contribution in [3.05, 3.63) is 29.3 Å². The van der Waals surface area contributed by atoms with Crippen LogP contribution in [-0.4, -0.2) is 282 Å². The Morgan fingerprint density at radius 2 is 0.947 bits per heavy atom. The molecule has 29 nitrogen and oxygen atoms in total. The smallest absolute Gasteiger partial charge is 0.319 e. The zero-order valence-electron chi connectivity index (χ0n) is 54.4. The molecule has 94 heavy (non-hydrogen) atoms. The van der Waals surface area contributed by atoms with Crippen molar-refractivity contribution in [2.45, 2.75) is 137 Å². The van der Waals surface area contributed by atoms with Gasteiger partial charge in [-0.25, -0.2) is 14.8 Å². The number of hydrogen-bond acceptors (Lipinski definition) is 27. The maximum absolute atomic E-state index is 13.6. The number of ether oxygens (including phenoxy) is 6. The summed E-state index contributed by atoms with van der Waals surface area (Å²) in [6.07, 6.45) is 9.86. The number of carbonyl (C=O) groups excluding carboxylic acids is 8. The number of hydrogen-bond donors (Lipinski definition) is 8. The molecule has 10 N–H and O–H groups in total. The number of aliphatic imine (C=N–C) groups is 2. The molecule has 5 heterocycles. The van der Waals surface area contributed by atoms with Crippen LogP contribution in [0.3, 0.4) is 0 Å². The van der Waals surface area contributed by atoms with Crippen LogP contribution < -0.4 is 38.1 Å². The van der Waals surface area contributed by atoms with Gasteiger partial charge in [-0.1, -0.05) is 12.8 Å². The van der Waals surface area contributed by atoms with Gasteiger partial charge in [0.25, 0.3) is 12.9 Å². The van der Waals surface area contributed by atoms with Gasteiger partial charge < -0.3 is 71.6 Å². The molecule has 0 spiro atoms. The second kappa shape index (κ2) is 44.7. The minimum atomic E-state index is -0.991. The van der Waals surface area contributed by atoms with E-state index in [-0.39, 0.29) is 137 Å². The van der Waals surface area contributed by atoms with Crippen LogP contribution in [0.2, 0.25) is 0 Å². The van der Waals surface area contributed by atoms with Crippen LogP contribution in [0.15, 0.2) is 28.2 Å². The topological polar surface area (TPSA) is 379 Å². The van der Waals surface area contributed by atoms with Crippen LogP contribution in [-0.2, 0) is 57.2 Å². The second-order valence-corrected chi connectivity index (χ2v) is 26.6. The Labute approximate surface area is 560 Å². The monoisotopic (exact) mass is 1360 g/mol. The Morgan fingerprint density at radius 1 is 0.532 bits per heavy atom. The second-order valence-electron chi connectivity index (χ2n) is 24.0. The molecule has 0 aliphatic carbocycles. The van der Waals surface area contributed by atoms with E-state index in [1.807, 2.05) is 38.2 Å². The number of fused-ring (bicyclic) bond motifs is 2. The number of carboxylic acid groups (broad SMARTS) is 1. The van der Waals surface area contributed by atoms with Crippen molar-refractivity contribution < 1.29 is 76.7 Å². The van der Waals surface area contributed by atoms with E-state index >= 15 is 0 Å². The molecule has 0 bridgehead atoms. The number of ketones is 4. The zero-order valence-corrected chi connectivity index (χ0v) is 56.0. The number of guanidine groups is 2. The van der Waals surface area contributed by atoms with Crippen LogP contribution in [0.25, 0.3) is 0 Å². The molecule has 3 amide bonds. The van der Waals surface area contributed by atoms with Gasteiger partial charge in [-0.3, -0.25) is 58.0 Å². The van der Waals surface area contributed by atoms with Gasteiger partial charge >= 0.3 is 12.0 Å². The largest absolute Gasteiger partial charge is 0.480 e. The average Bonchev–Trinajstić information content (AvgIpc) is 1.69. The predicted octanol–water partition coefficient (Wildman–Crippen LogP) is 1.84. The quantitative estimate of drug-likeness (QED) is 0.0262. The van der Waals surface area contributed by atoms with Crippen LogP contribution in [0.4, 0.5) is 10.5 Å². The number of rotatable bonds is 48. The molecular weight excluding hydrogens is 1260 g/mol. The van der Waals surface area contributed by atoms with E-state index in [0.717, 1.165) is 50.0 Å². The van der Waals surface area contributed by atoms with Crippen molar-refractivity contribution >= 4 is 95.1 Å². The van der Waals surface area contributed by atoms with Crippen molar-refractivity contribution in [2.24, 2.45) is 21.5 Å². The van der Waals surface area contributed by atoms with Crippen LogP contribution in [0.5, 0.6) is 0 Å². The molecule has 526 valence electrons. The lowest BCUT2D eigenvalue weighted by Crippen LogP contribution is -2.49. The first-order valence-electron chi connectivity index (χ1n) is 33.2. The highest BCUT2D eigenvalue weighted by atomic mass is 32.2.